The summed E-state index contributed by atoms with van der Waals surface area (Å²) < 4.78 is 1.88. The maximum atomic E-state index is 12.6. The van der Waals surface area contributed by atoms with E-state index in [-0.39, 0.29) is 18.4 Å². The van der Waals surface area contributed by atoms with Gasteiger partial charge < -0.3 is 9.80 Å². The minimum Gasteiger partial charge on any atom is -0.342 e. The second kappa shape index (κ2) is 11.1. The number of carbonyl (C=O) groups excluding carboxylic acids is 2. The number of carbonyl (C=O) groups is 2. The van der Waals surface area contributed by atoms with Gasteiger partial charge in [-0.15, -0.1) is 0 Å². The van der Waals surface area contributed by atoms with Crippen LogP contribution in [-0.2, 0) is 16.1 Å². The number of amides is 2. The molecule has 1 heterocycles. The summed E-state index contributed by atoms with van der Waals surface area (Å²) in [5, 5.41) is 4.77. The van der Waals surface area contributed by atoms with Gasteiger partial charge in [0.2, 0.25) is 11.8 Å². The first-order valence-electron chi connectivity index (χ1n) is 10.9. The zero-order valence-corrected chi connectivity index (χ0v) is 18.9. The molecule has 0 aliphatic carbocycles. The molecule has 0 fully saturated rings. The molecule has 1 aromatic heterocycles. The lowest BCUT2D eigenvalue weighted by atomic mass is 10.1. The maximum absolute atomic E-state index is 12.6. The van der Waals surface area contributed by atoms with Crippen molar-refractivity contribution in [3.05, 3.63) is 84.1 Å². The molecule has 3 rings (SSSR count). The summed E-state index contributed by atoms with van der Waals surface area (Å²) in [7, 11) is 1.64. The molecule has 6 nitrogen and oxygen atoms in total. The molecule has 0 aliphatic rings. The van der Waals surface area contributed by atoms with Crippen LogP contribution in [0.25, 0.3) is 17.3 Å². The van der Waals surface area contributed by atoms with Crippen LogP contribution in [0.3, 0.4) is 0 Å². The standard InChI is InChI=1S/C26H30N4O2/c1-4-29(5-2)25(32)20-28(3)24(31)17-16-23-19-30(18-21-12-8-6-9-13-21)27-26(23)22-14-10-7-11-15-22/h6-17,19H,4-5,18,20H2,1-3H3/b17-16-. The molecule has 2 amide bonds. The Labute approximate surface area is 189 Å². The van der Waals surface area contributed by atoms with E-state index >= 15 is 0 Å². The summed E-state index contributed by atoms with van der Waals surface area (Å²) in [6.45, 7) is 5.83. The van der Waals surface area contributed by atoms with E-state index < -0.39 is 0 Å². The second-order valence-corrected chi connectivity index (χ2v) is 7.58. The summed E-state index contributed by atoms with van der Waals surface area (Å²) in [5.74, 6) is -0.278. The van der Waals surface area contributed by atoms with Crippen LogP contribution in [0.5, 0.6) is 0 Å². The SMILES string of the molecule is CCN(CC)C(=O)CN(C)C(=O)/C=C\c1cn(Cc2ccccc2)nc1-c1ccccc1. The third-order valence-corrected chi connectivity index (χ3v) is 5.29. The molecule has 3 aromatic rings. The van der Waals surface area contributed by atoms with Gasteiger partial charge in [0, 0.05) is 43.5 Å². The first-order valence-corrected chi connectivity index (χ1v) is 10.9. The topological polar surface area (TPSA) is 58.4 Å². The molecule has 32 heavy (non-hydrogen) atoms. The number of benzene rings is 2. The van der Waals surface area contributed by atoms with Gasteiger partial charge in [-0.05, 0) is 25.5 Å². The van der Waals surface area contributed by atoms with E-state index in [1.54, 1.807) is 18.0 Å². The summed E-state index contributed by atoms with van der Waals surface area (Å²) in [5.41, 5.74) is 3.80. The highest BCUT2D eigenvalue weighted by atomic mass is 16.2. The molecule has 0 radical (unpaired) electrons. The highest BCUT2D eigenvalue weighted by Gasteiger charge is 2.15. The average Bonchev–Trinajstić information content (AvgIpc) is 3.22. The van der Waals surface area contributed by atoms with E-state index in [0.717, 1.165) is 22.4 Å². The van der Waals surface area contributed by atoms with Crippen molar-refractivity contribution in [2.24, 2.45) is 0 Å². The number of aromatic nitrogens is 2. The Morgan fingerprint density at radius 2 is 1.59 bits per heavy atom. The number of rotatable bonds is 9. The third-order valence-electron chi connectivity index (χ3n) is 5.29. The Bertz CT molecular complexity index is 1050. The fourth-order valence-corrected chi connectivity index (χ4v) is 3.48. The Morgan fingerprint density at radius 1 is 0.969 bits per heavy atom. The minimum absolute atomic E-state index is 0.0556. The molecule has 0 saturated heterocycles. The molecule has 166 valence electrons. The first kappa shape index (κ1) is 23.0. The number of nitrogens with zero attached hydrogens (tertiary/aromatic N) is 4. The normalized spacial score (nSPS) is 11.0. The zero-order valence-electron chi connectivity index (χ0n) is 18.9. The van der Waals surface area contributed by atoms with Crippen LogP contribution in [0.2, 0.25) is 0 Å². The predicted molar refractivity (Wildman–Crippen MR) is 128 cm³/mol. The Balaban J connectivity index is 1.80. The molecule has 0 atom stereocenters. The fourth-order valence-electron chi connectivity index (χ4n) is 3.48. The van der Waals surface area contributed by atoms with Gasteiger partial charge in [0.25, 0.3) is 0 Å². The van der Waals surface area contributed by atoms with Crippen LogP contribution in [0.4, 0.5) is 0 Å². The number of hydrogen-bond donors (Lipinski definition) is 0. The summed E-state index contributed by atoms with van der Waals surface area (Å²) in [4.78, 5) is 28.1. The second-order valence-electron chi connectivity index (χ2n) is 7.58. The molecule has 0 saturated carbocycles. The molecule has 6 heteroatoms. The molecule has 2 aromatic carbocycles. The van der Waals surface area contributed by atoms with Gasteiger partial charge in [-0.25, -0.2) is 0 Å². The highest BCUT2D eigenvalue weighted by molar-refractivity contribution is 5.95. The molecular weight excluding hydrogens is 400 g/mol. The van der Waals surface area contributed by atoms with Crippen LogP contribution in [0.1, 0.15) is 25.0 Å². The van der Waals surface area contributed by atoms with Crippen molar-refractivity contribution < 1.29 is 9.59 Å². The van der Waals surface area contributed by atoms with Gasteiger partial charge in [0.05, 0.1) is 18.8 Å². The molecule has 0 spiro atoms. The highest BCUT2D eigenvalue weighted by Crippen LogP contribution is 2.23. The van der Waals surface area contributed by atoms with E-state index in [1.807, 2.05) is 73.3 Å². The fraction of sp³-hybridized carbons (Fsp3) is 0.269. The molecule has 0 aliphatic heterocycles. The van der Waals surface area contributed by atoms with Crippen molar-refractivity contribution in [1.82, 2.24) is 19.6 Å². The number of hydrogen-bond acceptors (Lipinski definition) is 3. The minimum atomic E-state index is -0.222. The summed E-state index contributed by atoms with van der Waals surface area (Å²) >= 11 is 0. The van der Waals surface area contributed by atoms with E-state index in [1.165, 1.54) is 11.0 Å². The van der Waals surface area contributed by atoms with Gasteiger partial charge >= 0.3 is 0 Å². The van der Waals surface area contributed by atoms with Crippen molar-refractivity contribution in [1.29, 1.82) is 0 Å². The lowest BCUT2D eigenvalue weighted by molar-refractivity contribution is -0.136. The van der Waals surface area contributed by atoms with E-state index in [2.05, 4.69) is 12.1 Å². The smallest absolute Gasteiger partial charge is 0.246 e. The van der Waals surface area contributed by atoms with Crippen LogP contribution < -0.4 is 0 Å². The van der Waals surface area contributed by atoms with Crippen LogP contribution in [0.15, 0.2) is 72.9 Å². The van der Waals surface area contributed by atoms with Crippen molar-refractivity contribution in [3.8, 4) is 11.3 Å². The van der Waals surface area contributed by atoms with Crippen LogP contribution >= 0.6 is 0 Å². The maximum Gasteiger partial charge on any atom is 0.246 e. The molecule has 0 N–H and O–H groups in total. The van der Waals surface area contributed by atoms with Crippen molar-refractivity contribution in [3.63, 3.8) is 0 Å². The zero-order chi connectivity index (χ0) is 22.9. The first-order chi connectivity index (χ1) is 15.5. The Hall–Kier alpha value is -3.67. The quantitative estimate of drug-likeness (QED) is 0.483. The van der Waals surface area contributed by atoms with Gasteiger partial charge in [0.15, 0.2) is 0 Å². The lowest BCUT2D eigenvalue weighted by Gasteiger charge is -2.22. The largest absolute Gasteiger partial charge is 0.342 e. The van der Waals surface area contributed by atoms with Crippen LogP contribution in [-0.4, -0.2) is 58.1 Å². The lowest BCUT2D eigenvalue weighted by Crippen LogP contribution is -2.40. The summed E-state index contributed by atoms with van der Waals surface area (Å²) in [6.07, 6.45) is 5.23. The monoisotopic (exact) mass is 430 g/mol. The Kier molecular flexibility index (Phi) is 7.97. The van der Waals surface area contributed by atoms with Gasteiger partial charge in [-0.3, -0.25) is 14.3 Å². The van der Waals surface area contributed by atoms with E-state index in [9.17, 15) is 9.59 Å². The molecule has 0 unspecified atom stereocenters. The van der Waals surface area contributed by atoms with Crippen molar-refractivity contribution in [2.45, 2.75) is 20.4 Å². The van der Waals surface area contributed by atoms with Gasteiger partial charge in [-0.2, -0.15) is 5.10 Å². The van der Waals surface area contributed by atoms with E-state index in [0.29, 0.717) is 19.6 Å². The predicted octanol–water partition coefficient (Wildman–Crippen LogP) is 3.94. The van der Waals surface area contributed by atoms with E-state index in [4.69, 9.17) is 5.10 Å². The van der Waals surface area contributed by atoms with Gasteiger partial charge in [0.1, 0.15) is 0 Å². The van der Waals surface area contributed by atoms with Crippen molar-refractivity contribution >= 4 is 17.9 Å². The Morgan fingerprint density at radius 3 is 2.22 bits per heavy atom. The summed E-state index contributed by atoms with van der Waals surface area (Å²) in [6, 6.07) is 20.0. The molecule has 0 bridgehead atoms. The average molecular weight is 431 g/mol. The van der Waals surface area contributed by atoms with Crippen LogP contribution in [0, 0.1) is 0 Å². The van der Waals surface area contributed by atoms with Crippen molar-refractivity contribution in [2.75, 3.05) is 26.7 Å². The van der Waals surface area contributed by atoms with Gasteiger partial charge in [-0.1, -0.05) is 60.7 Å². The third kappa shape index (κ3) is 5.94. The number of likely N-dealkylation sites (N-methyl/N-ethyl adjacent to an activating group) is 2. The molecular formula is C26H30N4O2.